The van der Waals surface area contributed by atoms with E-state index in [0.717, 1.165) is 0 Å². The molecule has 0 aliphatic heterocycles. The summed E-state index contributed by atoms with van der Waals surface area (Å²) in [7, 11) is 0. The van der Waals surface area contributed by atoms with E-state index in [9.17, 15) is 4.79 Å². The molecule has 0 aliphatic carbocycles. The molecule has 0 heterocycles. The van der Waals surface area contributed by atoms with Crippen molar-refractivity contribution < 1.29 is 24.5 Å². The Hall–Kier alpha value is -0.950. The van der Waals surface area contributed by atoms with E-state index in [1.54, 1.807) is 6.92 Å². The van der Waals surface area contributed by atoms with Gasteiger partial charge in [0.2, 0.25) is 11.8 Å². The van der Waals surface area contributed by atoms with Gasteiger partial charge in [0.15, 0.2) is 0 Å². The summed E-state index contributed by atoms with van der Waals surface area (Å²) >= 11 is 0. The van der Waals surface area contributed by atoms with Crippen molar-refractivity contribution in [1.29, 1.82) is 0 Å². The molecular formula is C10H19NO5. The monoisotopic (exact) mass is 233 g/mol. The molecule has 0 spiro atoms. The average molecular weight is 233 g/mol. The lowest BCUT2D eigenvalue weighted by Crippen LogP contribution is -2.51. The predicted molar refractivity (Wildman–Crippen MR) is 57.4 cm³/mol. The van der Waals surface area contributed by atoms with Gasteiger partial charge in [-0.05, 0) is 6.92 Å². The second-order valence-corrected chi connectivity index (χ2v) is 3.32. The van der Waals surface area contributed by atoms with Gasteiger partial charge in [0.05, 0.1) is 26.4 Å². The molecular weight excluding hydrogens is 214 g/mol. The van der Waals surface area contributed by atoms with Crippen LogP contribution >= 0.6 is 0 Å². The molecule has 0 saturated carbocycles. The Labute approximate surface area is 94.9 Å². The molecule has 3 N–H and O–H groups in total. The van der Waals surface area contributed by atoms with Crippen LogP contribution in [0.3, 0.4) is 0 Å². The summed E-state index contributed by atoms with van der Waals surface area (Å²) in [5.41, 5.74) is 0.312. The van der Waals surface area contributed by atoms with Crippen LogP contribution in [0.5, 0.6) is 0 Å². The lowest BCUT2D eigenvalue weighted by Gasteiger charge is -2.30. The zero-order chi connectivity index (χ0) is 12.6. The molecule has 0 fully saturated rings. The van der Waals surface area contributed by atoms with Crippen LogP contribution in [0.2, 0.25) is 0 Å². The first-order chi connectivity index (χ1) is 7.45. The molecule has 0 radical (unpaired) electrons. The zero-order valence-electron chi connectivity index (χ0n) is 9.65. The van der Waals surface area contributed by atoms with Crippen LogP contribution in [0.4, 0.5) is 0 Å². The van der Waals surface area contributed by atoms with E-state index < -0.39 is 11.8 Å². The van der Waals surface area contributed by atoms with Crippen molar-refractivity contribution in [3.8, 4) is 0 Å². The molecule has 6 heteroatoms. The van der Waals surface area contributed by atoms with Crippen LogP contribution in [0.25, 0.3) is 0 Å². The van der Waals surface area contributed by atoms with Gasteiger partial charge in [-0.1, -0.05) is 6.58 Å². The van der Waals surface area contributed by atoms with Gasteiger partial charge in [0.25, 0.3) is 0 Å². The van der Waals surface area contributed by atoms with Crippen molar-refractivity contribution in [2.24, 2.45) is 0 Å². The van der Waals surface area contributed by atoms with Crippen molar-refractivity contribution in [3.63, 3.8) is 0 Å². The minimum atomic E-state index is -1.37. The van der Waals surface area contributed by atoms with Gasteiger partial charge in [0, 0.05) is 12.5 Å². The third kappa shape index (κ3) is 5.82. The minimum Gasteiger partial charge on any atom is -0.394 e. The first-order valence-corrected chi connectivity index (χ1v) is 4.93. The lowest BCUT2D eigenvalue weighted by atomic mass is 10.3. The Morgan fingerprint density at radius 1 is 1.31 bits per heavy atom. The van der Waals surface area contributed by atoms with Crippen LogP contribution in [-0.2, 0) is 14.3 Å². The van der Waals surface area contributed by atoms with Gasteiger partial charge < -0.3 is 25.0 Å². The topological polar surface area (TPSA) is 88.0 Å². The number of hydrogen-bond acceptors (Lipinski definition) is 5. The highest BCUT2D eigenvalue weighted by Crippen LogP contribution is 2.09. The van der Waals surface area contributed by atoms with Crippen LogP contribution in [0, 0.1) is 0 Å². The van der Waals surface area contributed by atoms with E-state index >= 15 is 0 Å². The molecule has 0 rings (SSSR count). The number of nitrogens with one attached hydrogen (secondary N) is 1. The van der Waals surface area contributed by atoms with E-state index in [4.69, 9.17) is 19.7 Å². The number of carbonyl (C=O) groups excluding carboxylic acids is 1. The summed E-state index contributed by atoms with van der Waals surface area (Å²) in [5, 5.41) is 19.7. The lowest BCUT2D eigenvalue weighted by molar-refractivity contribution is -0.247. The van der Waals surface area contributed by atoms with Crippen LogP contribution in [-0.4, -0.2) is 48.5 Å². The number of aliphatic hydroxyl groups excluding tert-OH is 2. The highest BCUT2D eigenvalue weighted by atomic mass is 16.7. The van der Waals surface area contributed by atoms with Crippen molar-refractivity contribution in [1.82, 2.24) is 5.32 Å². The van der Waals surface area contributed by atoms with Gasteiger partial charge in [-0.2, -0.15) is 0 Å². The standard InChI is InChI=1S/C10H19NO5/c1-8(2)9(14)11-10(3,15-6-4-12)16-7-5-13/h12-13H,1,4-7H2,2-3H3,(H,11,14). The van der Waals surface area contributed by atoms with Gasteiger partial charge in [-0.15, -0.1) is 0 Å². The molecule has 0 aromatic rings. The van der Waals surface area contributed by atoms with E-state index in [0.29, 0.717) is 5.57 Å². The van der Waals surface area contributed by atoms with Gasteiger partial charge in [0.1, 0.15) is 0 Å². The minimum absolute atomic E-state index is 0.0123. The quantitative estimate of drug-likeness (QED) is 0.384. The van der Waals surface area contributed by atoms with E-state index in [1.165, 1.54) is 6.92 Å². The summed E-state index contributed by atoms with van der Waals surface area (Å²) in [4.78, 5) is 11.4. The highest BCUT2D eigenvalue weighted by Gasteiger charge is 2.28. The number of amides is 1. The largest absolute Gasteiger partial charge is 0.394 e. The van der Waals surface area contributed by atoms with Gasteiger partial charge >= 0.3 is 0 Å². The number of carbonyl (C=O) groups is 1. The second kappa shape index (κ2) is 7.34. The molecule has 0 bridgehead atoms. The van der Waals surface area contributed by atoms with E-state index in [-0.39, 0.29) is 26.4 Å². The molecule has 0 aromatic carbocycles. The van der Waals surface area contributed by atoms with E-state index in [2.05, 4.69) is 11.9 Å². The fraction of sp³-hybridized carbons (Fsp3) is 0.700. The summed E-state index contributed by atoms with van der Waals surface area (Å²) in [5.74, 6) is -1.79. The molecule has 94 valence electrons. The Morgan fingerprint density at radius 3 is 2.06 bits per heavy atom. The molecule has 0 saturated heterocycles. The predicted octanol–water partition coefficient (Wildman–Crippen LogP) is -0.630. The molecule has 0 aromatic heterocycles. The zero-order valence-corrected chi connectivity index (χ0v) is 9.65. The van der Waals surface area contributed by atoms with Crippen molar-refractivity contribution in [2.45, 2.75) is 19.8 Å². The molecule has 0 atom stereocenters. The summed E-state index contributed by atoms with van der Waals surface area (Å²) < 4.78 is 10.3. The number of hydrogen-bond donors (Lipinski definition) is 3. The average Bonchev–Trinajstić information content (AvgIpc) is 2.23. The van der Waals surface area contributed by atoms with E-state index in [1.807, 2.05) is 0 Å². The Morgan fingerprint density at radius 2 is 1.75 bits per heavy atom. The summed E-state index contributed by atoms with van der Waals surface area (Å²) in [6.45, 7) is 6.15. The molecule has 6 nitrogen and oxygen atoms in total. The molecule has 0 unspecified atom stereocenters. The first-order valence-electron chi connectivity index (χ1n) is 4.93. The maximum Gasteiger partial charge on any atom is 0.250 e. The third-order valence-electron chi connectivity index (χ3n) is 1.67. The van der Waals surface area contributed by atoms with Gasteiger partial charge in [-0.25, -0.2) is 0 Å². The number of rotatable bonds is 8. The number of aliphatic hydroxyl groups is 2. The Balaban J connectivity index is 4.38. The Kier molecular flexibility index (Phi) is 6.91. The first kappa shape index (κ1) is 15.0. The SMILES string of the molecule is C=C(C)C(=O)NC(C)(OCCO)OCCO. The van der Waals surface area contributed by atoms with Crippen LogP contribution < -0.4 is 5.32 Å². The normalized spacial score (nSPS) is 11.2. The molecule has 0 aliphatic rings. The van der Waals surface area contributed by atoms with Crippen molar-refractivity contribution in [3.05, 3.63) is 12.2 Å². The maximum absolute atomic E-state index is 11.4. The molecule has 1 amide bonds. The van der Waals surface area contributed by atoms with Crippen molar-refractivity contribution in [2.75, 3.05) is 26.4 Å². The number of ether oxygens (including phenoxy) is 2. The summed E-state index contributed by atoms with van der Waals surface area (Å²) in [6.07, 6.45) is 0. The summed E-state index contributed by atoms with van der Waals surface area (Å²) in [6, 6.07) is 0. The second-order valence-electron chi connectivity index (χ2n) is 3.32. The van der Waals surface area contributed by atoms with Crippen LogP contribution in [0.1, 0.15) is 13.8 Å². The maximum atomic E-state index is 11.4. The third-order valence-corrected chi connectivity index (χ3v) is 1.67. The van der Waals surface area contributed by atoms with Crippen LogP contribution in [0.15, 0.2) is 12.2 Å². The molecule has 16 heavy (non-hydrogen) atoms. The van der Waals surface area contributed by atoms with Crippen molar-refractivity contribution >= 4 is 5.91 Å². The fourth-order valence-corrected chi connectivity index (χ4v) is 0.908. The fourth-order valence-electron chi connectivity index (χ4n) is 0.908. The smallest absolute Gasteiger partial charge is 0.250 e. The highest BCUT2D eigenvalue weighted by molar-refractivity contribution is 5.92. The Bertz CT molecular complexity index is 233. The van der Waals surface area contributed by atoms with Gasteiger partial charge in [-0.3, -0.25) is 4.79 Å².